The van der Waals surface area contributed by atoms with Gasteiger partial charge in [0.15, 0.2) is 0 Å². The molecule has 3 aromatic rings. The molecule has 1 N–H and O–H groups in total. The maximum atomic E-state index is 13.1. The Labute approximate surface area is 187 Å². The van der Waals surface area contributed by atoms with Gasteiger partial charge in [-0.1, -0.05) is 41.9 Å². The fourth-order valence-electron chi connectivity index (χ4n) is 3.16. The van der Waals surface area contributed by atoms with Crippen molar-refractivity contribution < 1.29 is 17.9 Å². The number of carbonyl (C=O) groups excluding carboxylic acids is 1. The number of amides is 1. The maximum Gasteiger partial charge on any atom is 0.261 e. The Morgan fingerprint density at radius 2 is 1.74 bits per heavy atom. The van der Waals surface area contributed by atoms with Crippen LogP contribution in [-0.2, 0) is 10.0 Å². The molecule has 31 heavy (non-hydrogen) atoms. The molecule has 0 saturated carbocycles. The van der Waals surface area contributed by atoms with E-state index in [-0.39, 0.29) is 22.4 Å². The molecule has 162 valence electrons. The van der Waals surface area contributed by atoms with Crippen molar-refractivity contribution in [3.63, 3.8) is 0 Å². The van der Waals surface area contributed by atoms with E-state index >= 15 is 0 Å². The summed E-state index contributed by atoms with van der Waals surface area (Å²) in [5.74, 6) is 0.370. The molecule has 1 amide bonds. The van der Waals surface area contributed by atoms with Crippen molar-refractivity contribution in [2.24, 2.45) is 0 Å². The minimum Gasteiger partial charge on any atom is -0.496 e. The van der Waals surface area contributed by atoms with E-state index in [2.05, 4.69) is 4.72 Å². The van der Waals surface area contributed by atoms with E-state index in [1.54, 1.807) is 49.4 Å². The molecule has 3 aromatic carbocycles. The normalized spacial score (nSPS) is 12.1. The van der Waals surface area contributed by atoms with Crippen molar-refractivity contribution in [3.8, 4) is 5.75 Å². The third-order valence-electron chi connectivity index (χ3n) is 4.96. The van der Waals surface area contributed by atoms with Crippen LogP contribution < -0.4 is 9.46 Å². The summed E-state index contributed by atoms with van der Waals surface area (Å²) in [5, 5.41) is 0.413. The van der Waals surface area contributed by atoms with Crippen LogP contribution in [0.15, 0.2) is 77.7 Å². The minimum atomic E-state index is -3.89. The zero-order valence-electron chi connectivity index (χ0n) is 17.4. The molecular formula is C23H23ClN2O4S. The first-order valence-corrected chi connectivity index (χ1v) is 11.4. The van der Waals surface area contributed by atoms with Crippen molar-refractivity contribution in [2.45, 2.75) is 17.9 Å². The van der Waals surface area contributed by atoms with Gasteiger partial charge in [0.1, 0.15) is 5.75 Å². The summed E-state index contributed by atoms with van der Waals surface area (Å²) in [6.45, 7) is 1.89. The minimum absolute atomic E-state index is 0.0170. The largest absolute Gasteiger partial charge is 0.496 e. The lowest BCUT2D eigenvalue weighted by Gasteiger charge is -2.26. The predicted octanol–water partition coefficient (Wildman–Crippen LogP) is 4.98. The van der Waals surface area contributed by atoms with Crippen LogP contribution in [0.1, 0.15) is 28.9 Å². The molecule has 1 unspecified atom stereocenters. The molecule has 0 aliphatic rings. The summed E-state index contributed by atoms with van der Waals surface area (Å²) in [6.07, 6.45) is 0. The van der Waals surface area contributed by atoms with Crippen LogP contribution in [0.2, 0.25) is 5.02 Å². The monoisotopic (exact) mass is 458 g/mol. The molecule has 6 nitrogen and oxygen atoms in total. The highest BCUT2D eigenvalue weighted by Gasteiger charge is 2.23. The Kier molecular flexibility index (Phi) is 6.87. The Morgan fingerprint density at radius 1 is 1.03 bits per heavy atom. The number of nitrogens with zero attached hydrogens (tertiary/aromatic N) is 1. The fraction of sp³-hybridized carbons (Fsp3) is 0.174. The van der Waals surface area contributed by atoms with Gasteiger partial charge in [0, 0.05) is 23.2 Å². The van der Waals surface area contributed by atoms with Gasteiger partial charge < -0.3 is 9.64 Å². The molecule has 0 fully saturated rings. The summed E-state index contributed by atoms with van der Waals surface area (Å²) < 4.78 is 33.5. The van der Waals surface area contributed by atoms with Crippen molar-refractivity contribution in [1.82, 2.24) is 4.90 Å². The smallest absolute Gasteiger partial charge is 0.261 e. The number of methoxy groups -OCH3 is 1. The number of rotatable bonds is 7. The molecule has 3 rings (SSSR count). The van der Waals surface area contributed by atoms with Crippen LogP contribution in [0.5, 0.6) is 5.75 Å². The number of nitrogens with one attached hydrogen (secondary N) is 1. The van der Waals surface area contributed by atoms with E-state index < -0.39 is 10.0 Å². The Balaban J connectivity index is 1.85. The summed E-state index contributed by atoms with van der Waals surface area (Å²) >= 11 is 5.93. The quantitative estimate of drug-likeness (QED) is 0.541. The second-order valence-electron chi connectivity index (χ2n) is 6.98. The number of ether oxygens (including phenoxy) is 1. The van der Waals surface area contributed by atoms with Gasteiger partial charge in [0.05, 0.1) is 23.7 Å². The molecule has 0 bridgehead atoms. The van der Waals surface area contributed by atoms with Gasteiger partial charge in [-0.15, -0.1) is 0 Å². The second kappa shape index (κ2) is 9.41. The van der Waals surface area contributed by atoms with E-state index in [9.17, 15) is 13.2 Å². The van der Waals surface area contributed by atoms with Crippen LogP contribution in [0.3, 0.4) is 0 Å². The SMILES string of the molecule is COc1ccccc1C(C)N(C)C(=O)c1cccc(S(=O)(=O)Nc2cccc(Cl)c2)c1. The van der Waals surface area contributed by atoms with Crippen LogP contribution in [0.25, 0.3) is 0 Å². The van der Waals surface area contributed by atoms with Crippen molar-refractivity contribution >= 4 is 33.2 Å². The Morgan fingerprint density at radius 3 is 2.45 bits per heavy atom. The van der Waals surface area contributed by atoms with Crippen LogP contribution in [0, 0.1) is 0 Å². The molecule has 0 radical (unpaired) electrons. The highest BCUT2D eigenvalue weighted by Crippen LogP contribution is 2.29. The lowest BCUT2D eigenvalue weighted by Crippen LogP contribution is -2.30. The van der Waals surface area contributed by atoms with Gasteiger partial charge in [-0.3, -0.25) is 9.52 Å². The number of sulfonamides is 1. The molecule has 0 spiro atoms. The average Bonchev–Trinajstić information content (AvgIpc) is 2.77. The number of para-hydroxylation sites is 1. The third-order valence-corrected chi connectivity index (χ3v) is 6.57. The molecule has 1 atom stereocenters. The first-order chi connectivity index (χ1) is 14.7. The zero-order chi connectivity index (χ0) is 22.6. The highest BCUT2D eigenvalue weighted by atomic mass is 35.5. The zero-order valence-corrected chi connectivity index (χ0v) is 18.9. The predicted molar refractivity (Wildman–Crippen MR) is 122 cm³/mol. The topological polar surface area (TPSA) is 75.7 Å². The lowest BCUT2D eigenvalue weighted by atomic mass is 10.0. The van der Waals surface area contributed by atoms with E-state index in [1.165, 1.54) is 18.2 Å². The fourth-order valence-corrected chi connectivity index (χ4v) is 4.45. The lowest BCUT2D eigenvalue weighted by molar-refractivity contribution is 0.0741. The van der Waals surface area contributed by atoms with Gasteiger partial charge in [0.2, 0.25) is 0 Å². The highest BCUT2D eigenvalue weighted by molar-refractivity contribution is 7.92. The van der Waals surface area contributed by atoms with Crippen LogP contribution in [-0.4, -0.2) is 33.4 Å². The number of anilines is 1. The summed E-state index contributed by atoms with van der Waals surface area (Å²) in [6, 6.07) is 19.5. The van der Waals surface area contributed by atoms with Gasteiger partial charge >= 0.3 is 0 Å². The maximum absolute atomic E-state index is 13.1. The Bertz CT molecular complexity index is 1200. The number of benzene rings is 3. The van der Waals surface area contributed by atoms with Crippen molar-refractivity contribution in [1.29, 1.82) is 0 Å². The summed E-state index contributed by atoms with van der Waals surface area (Å²) in [4.78, 5) is 14.6. The first-order valence-electron chi connectivity index (χ1n) is 9.51. The van der Waals surface area contributed by atoms with E-state index in [0.717, 1.165) is 5.56 Å². The van der Waals surface area contributed by atoms with Crippen LogP contribution in [0.4, 0.5) is 5.69 Å². The number of hydrogen-bond acceptors (Lipinski definition) is 4. The molecule has 8 heteroatoms. The van der Waals surface area contributed by atoms with E-state index in [0.29, 0.717) is 16.5 Å². The average molecular weight is 459 g/mol. The Hall–Kier alpha value is -3.03. The summed E-state index contributed by atoms with van der Waals surface area (Å²) in [5.41, 5.74) is 1.46. The third kappa shape index (κ3) is 5.18. The van der Waals surface area contributed by atoms with Gasteiger partial charge in [0.25, 0.3) is 15.9 Å². The second-order valence-corrected chi connectivity index (χ2v) is 9.10. The standard InChI is InChI=1S/C23H23ClN2O4S/c1-16(21-12-4-5-13-22(21)30-3)26(2)23(27)17-8-6-11-20(14-17)31(28,29)25-19-10-7-9-18(24)15-19/h4-16,25H,1-3H3. The van der Waals surface area contributed by atoms with Gasteiger partial charge in [-0.05, 0) is 49.4 Å². The van der Waals surface area contributed by atoms with E-state index in [1.807, 2.05) is 31.2 Å². The van der Waals surface area contributed by atoms with Crippen LogP contribution >= 0.6 is 11.6 Å². The van der Waals surface area contributed by atoms with Gasteiger partial charge in [-0.2, -0.15) is 0 Å². The number of carbonyl (C=O) groups is 1. The van der Waals surface area contributed by atoms with Crippen molar-refractivity contribution in [3.05, 3.63) is 88.9 Å². The molecule has 0 aromatic heterocycles. The summed E-state index contributed by atoms with van der Waals surface area (Å²) in [7, 11) is -0.645. The number of hydrogen-bond donors (Lipinski definition) is 1. The van der Waals surface area contributed by atoms with Crippen molar-refractivity contribution in [2.75, 3.05) is 18.9 Å². The molecule has 0 aliphatic heterocycles. The molecular weight excluding hydrogens is 436 g/mol. The first kappa shape index (κ1) is 22.7. The number of halogens is 1. The molecule has 0 heterocycles. The van der Waals surface area contributed by atoms with E-state index in [4.69, 9.17) is 16.3 Å². The molecule has 0 aliphatic carbocycles. The molecule has 0 saturated heterocycles. The van der Waals surface area contributed by atoms with Gasteiger partial charge in [-0.25, -0.2) is 8.42 Å².